The van der Waals surface area contributed by atoms with Crippen LogP contribution in [0.3, 0.4) is 0 Å². The van der Waals surface area contributed by atoms with Crippen LogP contribution in [0.25, 0.3) is 0 Å². The number of ketones is 1. The van der Waals surface area contributed by atoms with Crippen LogP contribution in [-0.4, -0.2) is 54.7 Å². The number of likely N-dealkylation sites (N-methyl/N-ethyl adjacent to an activating group) is 1. The summed E-state index contributed by atoms with van der Waals surface area (Å²) in [6, 6.07) is 9.41. The molecule has 1 amide bonds. The Morgan fingerprint density at radius 3 is 2.53 bits per heavy atom. The molecule has 1 aliphatic rings. The fourth-order valence-corrected chi connectivity index (χ4v) is 2.37. The molecule has 0 aliphatic carbocycles. The second-order valence-corrected chi connectivity index (χ2v) is 5.21. The molecule has 1 aliphatic heterocycles. The van der Waals surface area contributed by atoms with Gasteiger partial charge in [-0.05, 0) is 20.5 Å². The topological polar surface area (TPSA) is 40.6 Å². The maximum absolute atomic E-state index is 12.1. The van der Waals surface area contributed by atoms with E-state index < -0.39 is 0 Å². The third-order valence-corrected chi connectivity index (χ3v) is 3.65. The predicted octanol–water partition coefficient (Wildman–Crippen LogP) is 1.42. The standard InChI is InChI=1S/C15H20N2O2/c1-16(2)13-8-9-17(11-13)15(19)10-14(18)12-6-4-3-5-7-12/h3-7,13H,8-11H2,1-2H3. The van der Waals surface area contributed by atoms with Crippen LogP contribution in [0.5, 0.6) is 0 Å². The van der Waals surface area contributed by atoms with Gasteiger partial charge < -0.3 is 9.80 Å². The molecular formula is C15H20N2O2. The van der Waals surface area contributed by atoms with Gasteiger partial charge in [0.05, 0.1) is 6.42 Å². The Morgan fingerprint density at radius 2 is 1.95 bits per heavy atom. The maximum atomic E-state index is 12.1. The lowest BCUT2D eigenvalue weighted by atomic mass is 10.1. The molecular weight excluding hydrogens is 240 g/mol. The molecule has 1 aromatic rings. The third kappa shape index (κ3) is 3.41. The van der Waals surface area contributed by atoms with Crippen molar-refractivity contribution in [3.63, 3.8) is 0 Å². The summed E-state index contributed by atoms with van der Waals surface area (Å²) in [4.78, 5) is 28.0. The molecule has 1 saturated heterocycles. The van der Waals surface area contributed by atoms with E-state index in [1.54, 1.807) is 17.0 Å². The molecule has 1 heterocycles. The minimum Gasteiger partial charge on any atom is -0.341 e. The molecule has 0 N–H and O–H groups in total. The lowest BCUT2D eigenvalue weighted by Gasteiger charge is -2.20. The fraction of sp³-hybridized carbons (Fsp3) is 0.467. The summed E-state index contributed by atoms with van der Waals surface area (Å²) in [5, 5.41) is 0. The van der Waals surface area contributed by atoms with E-state index in [0.29, 0.717) is 11.6 Å². The highest BCUT2D eigenvalue weighted by atomic mass is 16.2. The second kappa shape index (κ2) is 5.97. The SMILES string of the molecule is CN(C)C1CCN(C(=O)CC(=O)c2ccccc2)C1. The van der Waals surface area contributed by atoms with Gasteiger partial charge in [0, 0.05) is 24.7 Å². The molecule has 0 aromatic heterocycles. The molecule has 1 atom stereocenters. The zero-order chi connectivity index (χ0) is 13.8. The van der Waals surface area contributed by atoms with Gasteiger partial charge in [0.1, 0.15) is 0 Å². The lowest BCUT2D eigenvalue weighted by molar-refractivity contribution is -0.129. The summed E-state index contributed by atoms with van der Waals surface area (Å²) < 4.78 is 0. The summed E-state index contributed by atoms with van der Waals surface area (Å²) in [6.07, 6.45) is 0.961. The van der Waals surface area contributed by atoms with Gasteiger partial charge in [0.15, 0.2) is 5.78 Å². The third-order valence-electron chi connectivity index (χ3n) is 3.65. The van der Waals surface area contributed by atoms with E-state index in [9.17, 15) is 9.59 Å². The van der Waals surface area contributed by atoms with Crippen molar-refractivity contribution in [1.82, 2.24) is 9.80 Å². The van der Waals surface area contributed by atoms with Crippen LogP contribution in [0.15, 0.2) is 30.3 Å². The van der Waals surface area contributed by atoms with E-state index in [2.05, 4.69) is 4.90 Å². The Labute approximate surface area is 114 Å². The Balaban J connectivity index is 1.90. The number of benzene rings is 1. The zero-order valence-corrected chi connectivity index (χ0v) is 11.5. The van der Waals surface area contributed by atoms with E-state index in [0.717, 1.165) is 19.5 Å². The number of amides is 1. The summed E-state index contributed by atoms with van der Waals surface area (Å²) in [5.74, 6) is -0.155. The van der Waals surface area contributed by atoms with E-state index in [4.69, 9.17) is 0 Å². The quantitative estimate of drug-likeness (QED) is 0.607. The van der Waals surface area contributed by atoms with E-state index in [1.165, 1.54) is 0 Å². The molecule has 102 valence electrons. The number of likely N-dealkylation sites (tertiary alicyclic amines) is 1. The van der Waals surface area contributed by atoms with Crippen LogP contribution in [0, 0.1) is 0 Å². The molecule has 1 aromatic carbocycles. The molecule has 0 radical (unpaired) electrons. The Morgan fingerprint density at radius 1 is 1.26 bits per heavy atom. The van der Waals surface area contributed by atoms with Crippen molar-refractivity contribution in [3.8, 4) is 0 Å². The highest BCUT2D eigenvalue weighted by Crippen LogP contribution is 2.15. The van der Waals surface area contributed by atoms with Gasteiger partial charge in [-0.15, -0.1) is 0 Å². The van der Waals surface area contributed by atoms with E-state index in [1.807, 2.05) is 32.3 Å². The second-order valence-electron chi connectivity index (χ2n) is 5.21. The summed E-state index contributed by atoms with van der Waals surface area (Å²) >= 11 is 0. The summed E-state index contributed by atoms with van der Waals surface area (Å²) in [5.41, 5.74) is 0.610. The smallest absolute Gasteiger partial charge is 0.230 e. The van der Waals surface area contributed by atoms with E-state index >= 15 is 0 Å². The van der Waals surface area contributed by atoms with Crippen molar-refractivity contribution in [2.24, 2.45) is 0 Å². The lowest BCUT2D eigenvalue weighted by Crippen LogP contribution is -2.35. The first kappa shape index (κ1) is 13.7. The van der Waals surface area contributed by atoms with Crippen LogP contribution in [-0.2, 0) is 4.79 Å². The zero-order valence-electron chi connectivity index (χ0n) is 11.5. The summed E-state index contributed by atoms with van der Waals surface area (Å²) in [7, 11) is 4.04. The van der Waals surface area contributed by atoms with Crippen LogP contribution in [0.2, 0.25) is 0 Å². The van der Waals surface area contributed by atoms with Crippen LogP contribution in [0.4, 0.5) is 0 Å². The first-order valence-corrected chi connectivity index (χ1v) is 6.60. The number of carbonyl (C=O) groups is 2. The Hall–Kier alpha value is -1.68. The summed E-state index contributed by atoms with van der Waals surface area (Å²) in [6.45, 7) is 1.48. The van der Waals surface area contributed by atoms with Crippen molar-refractivity contribution in [1.29, 1.82) is 0 Å². The van der Waals surface area contributed by atoms with Crippen molar-refractivity contribution in [3.05, 3.63) is 35.9 Å². The fourth-order valence-electron chi connectivity index (χ4n) is 2.37. The van der Waals surface area contributed by atoms with Crippen molar-refractivity contribution in [2.75, 3.05) is 27.2 Å². The number of Topliss-reactive ketones (excluding diaryl/α,β-unsaturated/α-hetero) is 1. The van der Waals surface area contributed by atoms with Crippen molar-refractivity contribution >= 4 is 11.7 Å². The Kier molecular flexibility index (Phi) is 4.32. The van der Waals surface area contributed by atoms with Gasteiger partial charge in [-0.2, -0.15) is 0 Å². The van der Waals surface area contributed by atoms with Crippen molar-refractivity contribution < 1.29 is 9.59 Å². The first-order valence-electron chi connectivity index (χ1n) is 6.60. The highest BCUT2D eigenvalue weighted by Gasteiger charge is 2.28. The largest absolute Gasteiger partial charge is 0.341 e. The molecule has 1 unspecified atom stereocenters. The highest BCUT2D eigenvalue weighted by molar-refractivity contribution is 6.07. The van der Waals surface area contributed by atoms with Gasteiger partial charge in [-0.3, -0.25) is 9.59 Å². The average Bonchev–Trinajstić information content (AvgIpc) is 2.89. The Bertz CT molecular complexity index is 456. The maximum Gasteiger partial charge on any atom is 0.230 e. The molecule has 0 bridgehead atoms. The van der Waals surface area contributed by atoms with Gasteiger partial charge in [0.25, 0.3) is 0 Å². The molecule has 19 heavy (non-hydrogen) atoms. The first-order chi connectivity index (χ1) is 9.08. The number of rotatable bonds is 4. The van der Waals surface area contributed by atoms with Gasteiger partial charge in [-0.1, -0.05) is 30.3 Å². The van der Waals surface area contributed by atoms with E-state index in [-0.39, 0.29) is 18.1 Å². The van der Waals surface area contributed by atoms with Gasteiger partial charge in [0.2, 0.25) is 5.91 Å². The van der Waals surface area contributed by atoms with Gasteiger partial charge in [-0.25, -0.2) is 0 Å². The molecule has 0 spiro atoms. The minimum absolute atomic E-state index is 0.0236. The number of nitrogens with zero attached hydrogens (tertiary/aromatic N) is 2. The number of carbonyl (C=O) groups excluding carboxylic acids is 2. The number of hydrogen-bond donors (Lipinski definition) is 0. The molecule has 0 saturated carbocycles. The number of hydrogen-bond acceptors (Lipinski definition) is 3. The van der Waals surface area contributed by atoms with Crippen LogP contribution in [0.1, 0.15) is 23.2 Å². The monoisotopic (exact) mass is 260 g/mol. The van der Waals surface area contributed by atoms with Crippen LogP contribution < -0.4 is 0 Å². The van der Waals surface area contributed by atoms with Crippen molar-refractivity contribution in [2.45, 2.75) is 18.9 Å². The van der Waals surface area contributed by atoms with Crippen LogP contribution >= 0.6 is 0 Å². The van der Waals surface area contributed by atoms with Gasteiger partial charge >= 0.3 is 0 Å². The minimum atomic E-state index is -0.0982. The predicted molar refractivity (Wildman–Crippen MR) is 74.1 cm³/mol. The molecule has 1 fully saturated rings. The normalized spacial score (nSPS) is 18.9. The molecule has 4 nitrogen and oxygen atoms in total. The molecule has 4 heteroatoms. The average molecular weight is 260 g/mol. The molecule has 2 rings (SSSR count).